The van der Waals surface area contributed by atoms with Gasteiger partial charge in [0.25, 0.3) is 0 Å². The van der Waals surface area contributed by atoms with Crippen LogP contribution in [0.15, 0.2) is 29.1 Å². The van der Waals surface area contributed by atoms with Crippen LogP contribution in [0.3, 0.4) is 0 Å². The first-order valence-electron chi connectivity index (χ1n) is 6.46. The summed E-state index contributed by atoms with van der Waals surface area (Å²) in [7, 11) is 3.63. The molecule has 0 bridgehead atoms. The number of hydrogen-bond acceptors (Lipinski definition) is 4. The lowest BCUT2D eigenvalue weighted by molar-refractivity contribution is 0.607. The van der Waals surface area contributed by atoms with E-state index in [-0.39, 0.29) is 5.82 Å². The lowest BCUT2D eigenvalue weighted by Gasteiger charge is -2.19. The predicted molar refractivity (Wildman–Crippen MR) is 87.5 cm³/mol. The third kappa shape index (κ3) is 2.55. The highest BCUT2D eigenvalue weighted by atomic mass is 79.9. The Morgan fingerprint density at radius 2 is 2.14 bits per heavy atom. The van der Waals surface area contributed by atoms with Crippen molar-refractivity contribution in [3.05, 3.63) is 45.5 Å². The molecule has 0 radical (unpaired) electrons. The number of anilines is 1. The van der Waals surface area contributed by atoms with Gasteiger partial charge in [-0.1, -0.05) is 17.7 Å². The van der Waals surface area contributed by atoms with Crippen LogP contribution in [0.1, 0.15) is 5.56 Å². The van der Waals surface area contributed by atoms with Crippen molar-refractivity contribution in [2.75, 3.05) is 11.9 Å². The van der Waals surface area contributed by atoms with Crippen LogP contribution in [0.2, 0.25) is 5.02 Å². The normalized spacial score (nSPS) is 11.1. The number of benzene rings is 1. The lowest BCUT2D eigenvalue weighted by atomic mass is 10.2. The van der Waals surface area contributed by atoms with Gasteiger partial charge in [0.1, 0.15) is 22.6 Å². The molecule has 8 heteroatoms. The molecule has 2 heterocycles. The Hall–Kier alpha value is -1.73. The van der Waals surface area contributed by atoms with Crippen LogP contribution < -0.4 is 4.90 Å². The minimum absolute atomic E-state index is 0.291. The topological polar surface area (TPSA) is 46.8 Å². The molecule has 0 aliphatic rings. The average Bonchev–Trinajstić information content (AvgIpc) is 2.78. The van der Waals surface area contributed by atoms with Gasteiger partial charge in [-0.2, -0.15) is 5.10 Å². The minimum atomic E-state index is -0.338. The van der Waals surface area contributed by atoms with E-state index in [1.54, 1.807) is 23.9 Å². The van der Waals surface area contributed by atoms with E-state index in [2.05, 4.69) is 31.0 Å². The van der Waals surface area contributed by atoms with E-state index >= 15 is 0 Å². The molecule has 2 aromatic heterocycles. The van der Waals surface area contributed by atoms with Crippen LogP contribution in [-0.4, -0.2) is 26.8 Å². The van der Waals surface area contributed by atoms with Crippen molar-refractivity contribution in [1.29, 1.82) is 0 Å². The van der Waals surface area contributed by atoms with Gasteiger partial charge in [-0.3, -0.25) is 0 Å². The van der Waals surface area contributed by atoms with Gasteiger partial charge in [-0.15, -0.1) is 0 Å². The molecule has 0 N–H and O–H groups in total. The smallest absolute Gasteiger partial charge is 0.164 e. The maximum absolute atomic E-state index is 14.0. The van der Waals surface area contributed by atoms with Crippen LogP contribution in [-0.2, 0) is 13.6 Å². The number of halogens is 3. The van der Waals surface area contributed by atoms with Crippen molar-refractivity contribution in [1.82, 2.24) is 19.7 Å². The van der Waals surface area contributed by atoms with E-state index in [0.717, 1.165) is 5.39 Å². The summed E-state index contributed by atoms with van der Waals surface area (Å²) in [4.78, 5) is 10.3. The fraction of sp³-hybridized carbons (Fsp3) is 0.214. The summed E-state index contributed by atoms with van der Waals surface area (Å²) in [6, 6.07) is 4.65. The van der Waals surface area contributed by atoms with E-state index < -0.39 is 0 Å². The first kappa shape index (κ1) is 15.2. The Kier molecular flexibility index (Phi) is 4.01. The highest BCUT2D eigenvalue weighted by Crippen LogP contribution is 2.30. The second-order valence-electron chi connectivity index (χ2n) is 4.87. The number of hydrogen-bond donors (Lipinski definition) is 0. The van der Waals surface area contributed by atoms with Crippen molar-refractivity contribution in [2.24, 2.45) is 7.05 Å². The number of nitrogens with zero attached hydrogens (tertiary/aromatic N) is 5. The van der Waals surface area contributed by atoms with Gasteiger partial charge >= 0.3 is 0 Å². The van der Waals surface area contributed by atoms with Crippen LogP contribution in [0.25, 0.3) is 11.0 Å². The maximum atomic E-state index is 14.0. The van der Waals surface area contributed by atoms with Crippen LogP contribution in [0.4, 0.5) is 10.2 Å². The Morgan fingerprint density at radius 1 is 1.36 bits per heavy atom. The first-order valence-corrected chi connectivity index (χ1v) is 7.63. The summed E-state index contributed by atoms with van der Waals surface area (Å²) in [6.07, 6.45) is 1.46. The number of rotatable bonds is 3. The van der Waals surface area contributed by atoms with Crippen LogP contribution in [0.5, 0.6) is 0 Å². The summed E-state index contributed by atoms with van der Waals surface area (Å²) >= 11 is 9.50. The molecule has 0 fully saturated rings. The summed E-state index contributed by atoms with van der Waals surface area (Å²) in [5.74, 6) is 0.319. The Balaban J connectivity index is 2.05. The molecule has 5 nitrogen and oxygen atoms in total. The fourth-order valence-corrected chi connectivity index (χ4v) is 3.13. The number of fused-ring (bicyclic) bond motifs is 1. The highest BCUT2D eigenvalue weighted by molar-refractivity contribution is 9.10. The summed E-state index contributed by atoms with van der Waals surface area (Å²) in [5, 5.41) is 5.45. The van der Waals surface area contributed by atoms with Crippen molar-refractivity contribution in [3.8, 4) is 0 Å². The summed E-state index contributed by atoms with van der Waals surface area (Å²) in [6.45, 7) is 0.291. The molecule has 3 aromatic rings. The van der Waals surface area contributed by atoms with Gasteiger partial charge in [0.15, 0.2) is 5.65 Å². The third-order valence-corrected chi connectivity index (χ3v) is 4.29. The first-order chi connectivity index (χ1) is 10.5. The van der Waals surface area contributed by atoms with Crippen molar-refractivity contribution in [3.63, 3.8) is 0 Å². The fourth-order valence-electron chi connectivity index (χ4n) is 2.31. The monoisotopic (exact) mass is 383 g/mol. The van der Waals surface area contributed by atoms with Gasteiger partial charge in [-0.25, -0.2) is 19.0 Å². The molecule has 0 saturated carbocycles. The minimum Gasteiger partial charge on any atom is -0.354 e. The lowest BCUT2D eigenvalue weighted by Crippen LogP contribution is -2.19. The molecule has 0 aliphatic heterocycles. The molecule has 0 aliphatic carbocycles. The standard InChI is InChI=1S/C14H12BrClFN5/c1-21(6-8-9(16)4-3-5-10(8)17)13-11-12(15)20-22(2)14(11)19-7-18-13/h3-5,7H,6H2,1-2H3. The molecular weight excluding hydrogens is 373 g/mol. The molecule has 114 valence electrons. The van der Waals surface area contributed by atoms with Crippen LogP contribution in [0, 0.1) is 5.82 Å². The Morgan fingerprint density at radius 3 is 2.86 bits per heavy atom. The Bertz CT molecular complexity index is 830. The largest absolute Gasteiger partial charge is 0.354 e. The van der Waals surface area contributed by atoms with E-state index in [1.165, 1.54) is 12.4 Å². The van der Waals surface area contributed by atoms with Crippen molar-refractivity contribution in [2.45, 2.75) is 6.54 Å². The van der Waals surface area contributed by atoms with Gasteiger partial charge in [0.2, 0.25) is 0 Å². The van der Waals surface area contributed by atoms with Gasteiger partial charge in [-0.05, 0) is 28.1 Å². The molecule has 0 amide bonds. The van der Waals surface area contributed by atoms with Crippen molar-refractivity contribution >= 4 is 44.4 Å². The molecule has 0 saturated heterocycles. The van der Waals surface area contributed by atoms with E-state index in [1.807, 2.05) is 11.9 Å². The van der Waals surface area contributed by atoms with Gasteiger partial charge in [0.05, 0.1) is 5.39 Å². The zero-order valence-electron chi connectivity index (χ0n) is 11.9. The molecule has 3 rings (SSSR count). The molecule has 22 heavy (non-hydrogen) atoms. The van der Waals surface area contributed by atoms with E-state index in [4.69, 9.17) is 11.6 Å². The summed E-state index contributed by atoms with van der Waals surface area (Å²) in [5.41, 5.74) is 1.13. The zero-order valence-corrected chi connectivity index (χ0v) is 14.2. The number of aryl methyl sites for hydroxylation is 1. The number of aromatic nitrogens is 4. The second-order valence-corrected chi connectivity index (χ2v) is 6.02. The van der Waals surface area contributed by atoms with Gasteiger partial charge in [0, 0.05) is 31.2 Å². The molecule has 1 aromatic carbocycles. The molecule has 0 atom stereocenters. The second kappa shape index (κ2) is 5.81. The maximum Gasteiger partial charge on any atom is 0.164 e. The Labute approximate surface area is 139 Å². The molecule has 0 unspecified atom stereocenters. The van der Waals surface area contributed by atoms with Crippen LogP contribution >= 0.6 is 27.5 Å². The molecular formula is C14H12BrClFN5. The van der Waals surface area contributed by atoms with Gasteiger partial charge < -0.3 is 4.90 Å². The van der Waals surface area contributed by atoms with Crippen molar-refractivity contribution < 1.29 is 4.39 Å². The summed E-state index contributed by atoms with van der Waals surface area (Å²) < 4.78 is 16.3. The SMILES string of the molecule is CN(Cc1c(F)cccc1Cl)c1ncnc2c1c(Br)nn2C. The zero-order chi connectivity index (χ0) is 15.9. The highest BCUT2D eigenvalue weighted by Gasteiger charge is 2.18. The quantitative estimate of drug-likeness (QED) is 0.693. The average molecular weight is 385 g/mol. The van der Waals surface area contributed by atoms with E-state index in [9.17, 15) is 4.39 Å². The third-order valence-electron chi connectivity index (χ3n) is 3.38. The van der Waals surface area contributed by atoms with E-state index in [0.29, 0.717) is 33.2 Å². The predicted octanol–water partition coefficient (Wildman–Crippen LogP) is 3.55. The molecule has 0 spiro atoms.